The van der Waals surface area contributed by atoms with Gasteiger partial charge in [0.25, 0.3) is 6.43 Å². The van der Waals surface area contributed by atoms with Crippen LogP contribution in [0.15, 0.2) is 12.3 Å². The molecular formula is C15H20ClF2N5O. The number of hydrogen-bond acceptors (Lipinski definition) is 3. The molecule has 1 N–H and O–H groups in total. The first kappa shape index (κ1) is 18.4. The lowest BCUT2D eigenvalue weighted by molar-refractivity contribution is -0.124. The Bertz CT molecular complexity index is 693. The average Bonchev–Trinajstić information content (AvgIpc) is 3.06. The van der Waals surface area contributed by atoms with Crippen molar-refractivity contribution in [1.29, 1.82) is 0 Å². The molecule has 6 nitrogen and oxygen atoms in total. The molecule has 1 unspecified atom stereocenters. The summed E-state index contributed by atoms with van der Waals surface area (Å²) in [6.07, 6.45) is -0.235. The van der Waals surface area contributed by atoms with Crippen LogP contribution in [0.1, 0.15) is 42.9 Å². The van der Waals surface area contributed by atoms with E-state index in [2.05, 4.69) is 15.5 Å². The number of alkyl halides is 2. The summed E-state index contributed by atoms with van der Waals surface area (Å²) in [5.74, 6) is -0.267. The monoisotopic (exact) mass is 359 g/mol. The van der Waals surface area contributed by atoms with E-state index in [0.717, 1.165) is 5.69 Å². The Morgan fingerprint density at radius 3 is 2.62 bits per heavy atom. The lowest BCUT2D eigenvalue weighted by Crippen LogP contribution is -2.33. The molecule has 2 aromatic rings. The molecule has 1 atom stereocenters. The molecule has 0 aliphatic carbocycles. The highest BCUT2D eigenvalue weighted by atomic mass is 35.5. The lowest BCUT2D eigenvalue weighted by atomic mass is 10.3. The molecule has 2 rings (SSSR count). The van der Waals surface area contributed by atoms with Crippen molar-refractivity contribution < 1.29 is 13.6 Å². The first-order chi connectivity index (χ1) is 11.3. The summed E-state index contributed by atoms with van der Waals surface area (Å²) in [5, 5.41) is 11.4. The van der Waals surface area contributed by atoms with Crippen LogP contribution in [-0.4, -0.2) is 32.0 Å². The van der Waals surface area contributed by atoms with Crippen LogP contribution in [0.25, 0.3) is 0 Å². The second-order valence-corrected chi connectivity index (χ2v) is 6.01. The number of carbonyl (C=O) groups is 1. The Morgan fingerprint density at radius 2 is 2.08 bits per heavy atom. The van der Waals surface area contributed by atoms with Gasteiger partial charge in [-0.3, -0.25) is 14.2 Å². The van der Waals surface area contributed by atoms with E-state index in [-0.39, 0.29) is 11.6 Å². The summed E-state index contributed by atoms with van der Waals surface area (Å²) < 4.78 is 28.4. The van der Waals surface area contributed by atoms with Crippen LogP contribution >= 0.6 is 11.6 Å². The fraction of sp³-hybridized carbons (Fsp3) is 0.533. The highest BCUT2D eigenvalue weighted by molar-refractivity contribution is 6.31. The molecule has 0 radical (unpaired) electrons. The summed E-state index contributed by atoms with van der Waals surface area (Å²) in [6.45, 7) is 6.16. The molecule has 0 bridgehead atoms. The van der Waals surface area contributed by atoms with Gasteiger partial charge in [-0.25, -0.2) is 8.78 Å². The van der Waals surface area contributed by atoms with Gasteiger partial charge >= 0.3 is 0 Å². The zero-order chi connectivity index (χ0) is 17.9. The van der Waals surface area contributed by atoms with Crippen LogP contribution < -0.4 is 5.32 Å². The van der Waals surface area contributed by atoms with Gasteiger partial charge in [-0.05, 0) is 33.3 Å². The first-order valence-electron chi connectivity index (χ1n) is 7.61. The summed E-state index contributed by atoms with van der Waals surface area (Å²) in [7, 11) is 0. The van der Waals surface area contributed by atoms with E-state index in [1.54, 1.807) is 24.7 Å². The van der Waals surface area contributed by atoms with E-state index in [1.165, 1.54) is 10.7 Å². The molecule has 1 amide bonds. The van der Waals surface area contributed by atoms with Gasteiger partial charge in [0.15, 0.2) is 0 Å². The maximum absolute atomic E-state index is 12.7. The quantitative estimate of drug-likeness (QED) is 0.773. The van der Waals surface area contributed by atoms with Gasteiger partial charge in [0.05, 0.1) is 10.7 Å². The lowest BCUT2D eigenvalue weighted by Gasteiger charge is -2.14. The molecule has 0 saturated carbocycles. The number of nitrogens with zero attached hydrogens (tertiary/aromatic N) is 4. The van der Waals surface area contributed by atoms with Gasteiger partial charge in [-0.15, -0.1) is 0 Å². The van der Waals surface area contributed by atoms with Crippen molar-refractivity contribution in [2.45, 2.75) is 46.2 Å². The number of aromatic nitrogens is 4. The summed E-state index contributed by atoms with van der Waals surface area (Å²) in [6, 6.07) is 0.636. The van der Waals surface area contributed by atoms with Crippen LogP contribution in [0.4, 0.5) is 8.78 Å². The highest BCUT2D eigenvalue weighted by Gasteiger charge is 2.20. The van der Waals surface area contributed by atoms with Gasteiger partial charge in [-0.1, -0.05) is 11.6 Å². The Balaban J connectivity index is 1.83. The maximum Gasteiger partial charge on any atom is 0.282 e. The molecule has 132 valence electrons. The molecule has 0 spiro atoms. The summed E-state index contributed by atoms with van der Waals surface area (Å²) in [4.78, 5) is 12.1. The molecule has 24 heavy (non-hydrogen) atoms. The molecule has 2 heterocycles. The standard InChI is InChI=1S/C15H20ClF2N5O/c1-9-7-13(14(17)18)21-23(9)11(3)15(24)19-5-4-6-22-8-12(16)10(2)20-22/h7-8,11,14H,4-6H2,1-3H3,(H,19,24). The number of hydrogen-bond donors (Lipinski definition) is 1. The Labute approximate surface area is 143 Å². The number of halogens is 3. The predicted octanol–water partition coefficient (Wildman–Crippen LogP) is 3.05. The van der Waals surface area contributed by atoms with Gasteiger partial charge in [0.1, 0.15) is 11.7 Å². The average molecular weight is 360 g/mol. The second kappa shape index (κ2) is 7.74. The molecule has 0 aromatic carbocycles. The van der Waals surface area contributed by atoms with Crippen LogP contribution in [-0.2, 0) is 11.3 Å². The third kappa shape index (κ3) is 4.31. The highest BCUT2D eigenvalue weighted by Crippen LogP contribution is 2.20. The van der Waals surface area contributed by atoms with Crippen molar-refractivity contribution in [3.63, 3.8) is 0 Å². The van der Waals surface area contributed by atoms with E-state index in [1.807, 2.05) is 6.92 Å². The van der Waals surface area contributed by atoms with Crippen LogP contribution in [0.2, 0.25) is 5.02 Å². The van der Waals surface area contributed by atoms with Crippen LogP contribution in [0.3, 0.4) is 0 Å². The molecule has 0 fully saturated rings. The third-order valence-corrected chi connectivity index (χ3v) is 4.03. The van der Waals surface area contributed by atoms with Gasteiger partial charge in [-0.2, -0.15) is 10.2 Å². The summed E-state index contributed by atoms with van der Waals surface area (Å²) >= 11 is 5.92. The molecular weight excluding hydrogens is 340 g/mol. The maximum atomic E-state index is 12.7. The van der Waals surface area contributed by atoms with Crippen LogP contribution in [0.5, 0.6) is 0 Å². The molecule has 9 heteroatoms. The number of aryl methyl sites for hydroxylation is 3. The van der Waals surface area contributed by atoms with E-state index in [4.69, 9.17) is 11.6 Å². The van der Waals surface area contributed by atoms with Crippen molar-refractivity contribution in [2.75, 3.05) is 6.54 Å². The summed E-state index contributed by atoms with van der Waals surface area (Å²) in [5.41, 5.74) is 0.964. The molecule has 2 aromatic heterocycles. The van der Waals surface area contributed by atoms with Gasteiger partial charge < -0.3 is 5.32 Å². The Hall–Kier alpha value is -1.96. The second-order valence-electron chi connectivity index (χ2n) is 5.60. The van der Waals surface area contributed by atoms with E-state index >= 15 is 0 Å². The number of nitrogens with one attached hydrogen (secondary N) is 1. The smallest absolute Gasteiger partial charge is 0.282 e. The minimum atomic E-state index is -2.65. The minimum absolute atomic E-state index is 0.267. The van der Waals surface area contributed by atoms with E-state index in [9.17, 15) is 13.6 Å². The fourth-order valence-electron chi connectivity index (χ4n) is 2.33. The normalized spacial score (nSPS) is 12.6. The van der Waals surface area contributed by atoms with Crippen molar-refractivity contribution in [3.8, 4) is 0 Å². The van der Waals surface area contributed by atoms with Gasteiger partial charge in [0, 0.05) is 25.0 Å². The zero-order valence-corrected chi connectivity index (χ0v) is 14.5. The van der Waals surface area contributed by atoms with Crippen LogP contribution in [0, 0.1) is 13.8 Å². The van der Waals surface area contributed by atoms with Gasteiger partial charge in [0.2, 0.25) is 5.91 Å². The molecule has 0 saturated heterocycles. The Kier molecular flexibility index (Phi) is 5.93. The molecule has 0 aliphatic rings. The van der Waals surface area contributed by atoms with Crippen molar-refractivity contribution in [2.24, 2.45) is 0 Å². The fourth-order valence-corrected chi connectivity index (χ4v) is 2.48. The SMILES string of the molecule is Cc1nn(CCCNC(=O)C(C)n2nc(C(F)F)cc2C)cc1Cl. The number of rotatable bonds is 7. The van der Waals surface area contributed by atoms with E-state index < -0.39 is 12.5 Å². The van der Waals surface area contributed by atoms with Crippen molar-refractivity contribution >= 4 is 17.5 Å². The zero-order valence-electron chi connectivity index (χ0n) is 13.8. The van der Waals surface area contributed by atoms with Crippen molar-refractivity contribution in [1.82, 2.24) is 24.9 Å². The van der Waals surface area contributed by atoms with Crippen molar-refractivity contribution in [3.05, 3.63) is 34.4 Å². The first-order valence-corrected chi connectivity index (χ1v) is 7.99. The van der Waals surface area contributed by atoms with E-state index in [0.29, 0.717) is 30.2 Å². The third-order valence-electron chi connectivity index (χ3n) is 3.66. The Morgan fingerprint density at radius 1 is 1.38 bits per heavy atom. The topological polar surface area (TPSA) is 64.7 Å². The number of carbonyl (C=O) groups excluding carboxylic acids is 1. The minimum Gasteiger partial charge on any atom is -0.354 e. The number of amides is 1. The largest absolute Gasteiger partial charge is 0.354 e. The predicted molar refractivity (Wildman–Crippen MR) is 86.2 cm³/mol. The molecule has 0 aliphatic heterocycles.